The van der Waals surface area contributed by atoms with Crippen LogP contribution in [0.5, 0.6) is 0 Å². The Morgan fingerprint density at radius 1 is 0.900 bits per heavy atom. The molecule has 0 saturated heterocycles. The number of amides is 3. The van der Waals surface area contributed by atoms with Crippen molar-refractivity contribution in [3.05, 3.63) is 64.2 Å². The van der Waals surface area contributed by atoms with Gasteiger partial charge in [0, 0.05) is 22.7 Å². The van der Waals surface area contributed by atoms with E-state index in [1.165, 1.54) is 24.3 Å². The van der Waals surface area contributed by atoms with Crippen molar-refractivity contribution in [2.75, 3.05) is 11.9 Å². The lowest BCUT2D eigenvalue weighted by Crippen LogP contribution is -2.43. The number of rotatable bonds is 7. The number of hydrogen-bond acceptors (Lipinski definition) is 5. The number of esters is 1. The second-order valence-electron chi connectivity index (χ2n) is 6.54. The summed E-state index contributed by atoms with van der Waals surface area (Å²) in [7, 11) is 0. The molecule has 0 unspecified atom stereocenters. The largest absolute Gasteiger partial charge is 0.455 e. The second kappa shape index (κ2) is 11.0. The van der Waals surface area contributed by atoms with Crippen molar-refractivity contribution in [3.63, 3.8) is 0 Å². The van der Waals surface area contributed by atoms with Crippen LogP contribution in [-0.2, 0) is 19.1 Å². The van der Waals surface area contributed by atoms with Crippen molar-refractivity contribution in [2.45, 2.75) is 26.7 Å². The zero-order valence-electron chi connectivity index (χ0n) is 16.6. The second-order valence-corrected chi connectivity index (χ2v) is 6.97. The van der Waals surface area contributed by atoms with Gasteiger partial charge in [0.05, 0.1) is 6.42 Å². The van der Waals surface area contributed by atoms with Crippen LogP contribution in [0.25, 0.3) is 0 Å². The number of benzene rings is 2. The Labute approximate surface area is 178 Å². The minimum atomic E-state index is -0.717. The zero-order valence-corrected chi connectivity index (χ0v) is 17.3. The number of nitrogens with one attached hydrogen (secondary N) is 3. The molecule has 158 valence electrons. The maximum Gasteiger partial charge on any atom is 0.306 e. The molecule has 0 radical (unpaired) electrons. The van der Waals surface area contributed by atoms with Crippen LogP contribution in [0.2, 0.25) is 5.02 Å². The molecule has 3 amide bonds. The number of hydrazine groups is 1. The number of aryl methyl sites for hydroxylation is 2. The van der Waals surface area contributed by atoms with Crippen LogP contribution >= 0.6 is 11.6 Å². The predicted molar refractivity (Wildman–Crippen MR) is 112 cm³/mol. The van der Waals surface area contributed by atoms with Crippen LogP contribution in [0, 0.1) is 13.8 Å². The summed E-state index contributed by atoms with van der Waals surface area (Å²) in [6.45, 7) is 3.24. The third-order valence-corrected chi connectivity index (χ3v) is 4.25. The number of carbonyl (C=O) groups excluding carboxylic acids is 4. The fourth-order valence-electron chi connectivity index (χ4n) is 2.44. The number of hydrogen-bond donors (Lipinski definition) is 3. The van der Waals surface area contributed by atoms with E-state index < -0.39 is 24.4 Å². The maximum atomic E-state index is 12.0. The summed E-state index contributed by atoms with van der Waals surface area (Å²) in [5.74, 6) is -2.30. The highest BCUT2D eigenvalue weighted by Crippen LogP contribution is 2.16. The Kier molecular flexibility index (Phi) is 8.37. The molecule has 0 heterocycles. The topological polar surface area (TPSA) is 114 Å². The molecule has 0 aliphatic rings. The molecule has 3 N–H and O–H groups in total. The van der Waals surface area contributed by atoms with E-state index in [-0.39, 0.29) is 18.7 Å². The molecule has 0 saturated carbocycles. The SMILES string of the molecule is Cc1ccc(NC(=O)CCC(=O)OCC(=O)NNC(=O)c2ccc(Cl)cc2)c(C)c1. The van der Waals surface area contributed by atoms with Crippen molar-refractivity contribution in [1.29, 1.82) is 0 Å². The molecule has 9 heteroatoms. The van der Waals surface area contributed by atoms with E-state index in [1.807, 2.05) is 26.0 Å². The molecule has 0 aliphatic heterocycles. The molecule has 0 atom stereocenters. The fraction of sp³-hybridized carbons (Fsp3) is 0.238. The van der Waals surface area contributed by atoms with Gasteiger partial charge in [-0.1, -0.05) is 29.3 Å². The summed E-state index contributed by atoms with van der Waals surface area (Å²) >= 11 is 5.74. The minimum absolute atomic E-state index is 0.0823. The zero-order chi connectivity index (χ0) is 22.1. The summed E-state index contributed by atoms with van der Waals surface area (Å²) in [6.07, 6.45) is -0.262. The first-order valence-electron chi connectivity index (χ1n) is 9.12. The van der Waals surface area contributed by atoms with Gasteiger partial charge in [0.1, 0.15) is 0 Å². The Morgan fingerprint density at radius 2 is 1.60 bits per heavy atom. The van der Waals surface area contributed by atoms with Crippen molar-refractivity contribution < 1.29 is 23.9 Å². The van der Waals surface area contributed by atoms with Crippen LogP contribution in [0.3, 0.4) is 0 Å². The Morgan fingerprint density at radius 3 is 2.27 bits per heavy atom. The van der Waals surface area contributed by atoms with Gasteiger partial charge in [-0.05, 0) is 49.7 Å². The summed E-state index contributed by atoms with van der Waals surface area (Å²) < 4.78 is 4.80. The van der Waals surface area contributed by atoms with E-state index in [1.54, 1.807) is 6.07 Å². The lowest BCUT2D eigenvalue weighted by molar-refractivity contribution is -0.149. The van der Waals surface area contributed by atoms with Crippen molar-refractivity contribution >= 4 is 41.0 Å². The van der Waals surface area contributed by atoms with Gasteiger partial charge in [0.15, 0.2) is 6.61 Å². The van der Waals surface area contributed by atoms with Crippen molar-refractivity contribution in [1.82, 2.24) is 10.9 Å². The van der Waals surface area contributed by atoms with E-state index in [0.717, 1.165) is 11.1 Å². The molecule has 0 aromatic heterocycles. The van der Waals surface area contributed by atoms with E-state index in [2.05, 4.69) is 16.2 Å². The third-order valence-electron chi connectivity index (χ3n) is 4.00. The molecule has 2 rings (SSSR count). The fourth-order valence-corrected chi connectivity index (χ4v) is 2.56. The van der Waals surface area contributed by atoms with Gasteiger partial charge in [-0.25, -0.2) is 0 Å². The summed E-state index contributed by atoms with van der Waals surface area (Å²) in [6, 6.07) is 11.7. The van der Waals surface area contributed by atoms with Crippen molar-refractivity contribution in [2.24, 2.45) is 0 Å². The van der Waals surface area contributed by atoms with Crippen LogP contribution in [0.15, 0.2) is 42.5 Å². The highest BCUT2D eigenvalue weighted by Gasteiger charge is 2.12. The maximum absolute atomic E-state index is 12.0. The summed E-state index contributed by atoms with van der Waals surface area (Å²) in [4.78, 5) is 47.2. The molecule has 2 aromatic carbocycles. The highest BCUT2D eigenvalue weighted by molar-refractivity contribution is 6.30. The standard InChI is InChI=1S/C21H22ClN3O5/c1-13-3-8-17(14(2)11-13)23-18(26)9-10-20(28)30-12-19(27)24-25-21(29)15-4-6-16(22)7-5-15/h3-8,11H,9-10,12H2,1-2H3,(H,23,26)(H,24,27)(H,25,29). The van der Waals surface area contributed by atoms with Gasteiger partial charge >= 0.3 is 5.97 Å². The molecule has 8 nitrogen and oxygen atoms in total. The lowest BCUT2D eigenvalue weighted by atomic mass is 10.1. The van der Waals surface area contributed by atoms with Crippen LogP contribution in [0.4, 0.5) is 5.69 Å². The molecule has 30 heavy (non-hydrogen) atoms. The van der Waals surface area contributed by atoms with Gasteiger partial charge < -0.3 is 10.1 Å². The van der Waals surface area contributed by atoms with E-state index >= 15 is 0 Å². The van der Waals surface area contributed by atoms with Crippen LogP contribution in [0.1, 0.15) is 34.3 Å². The molecule has 2 aromatic rings. The number of anilines is 1. The summed E-state index contributed by atoms with van der Waals surface area (Å²) in [5.41, 5.74) is 7.30. The van der Waals surface area contributed by atoms with E-state index in [9.17, 15) is 19.2 Å². The third kappa shape index (κ3) is 7.56. The molecular weight excluding hydrogens is 410 g/mol. The first-order valence-corrected chi connectivity index (χ1v) is 9.50. The number of halogens is 1. The lowest BCUT2D eigenvalue weighted by Gasteiger charge is -2.10. The average molecular weight is 432 g/mol. The Balaban J connectivity index is 1.66. The van der Waals surface area contributed by atoms with Gasteiger partial charge in [-0.15, -0.1) is 0 Å². The van der Waals surface area contributed by atoms with Crippen molar-refractivity contribution in [3.8, 4) is 0 Å². The predicted octanol–water partition coefficient (Wildman–Crippen LogP) is 2.68. The highest BCUT2D eigenvalue weighted by atomic mass is 35.5. The van der Waals surface area contributed by atoms with Crippen LogP contribution < -0.4 is 16.2 Å². The molecular formula is C21H22ClN3O5. The molecule has 0 bridgehead atoms. The Bertz CT molecular complexity index is 944. The quantitative estimate of drug-likeness (QED) is 0.460. The number of ether oxygens (including phenoxy) is 1. The van der Waals surface area contributed by atoms with Gasteiger partial charge in [0.2, 0.25) is 5.91 Å². The monoisotopic (exact) mass is 431 g/mol. The van der Waals surface area contributed by atoms with E-state index in [0.29, 0.717) is 16.3 Å². The number of carbonyl (C=O) groups is 4. The van der Waals surface area contributed by atoms with E-state index in [4.69, 9.17) is 16.3 Å². The normalized spacial score (nSPS) is 10.1. The first kappa shape index (κ1) is 22.9. The van der Waals surface area contributed by atoms with Gasteiger partial charge in [-0.3, -0.25) is 30.0 Å². The first-order chi connectivity index (χ1) is 14.2. The molecule has 0 spiro atoms. The molecule has 0 fully saturated rings. The average Bonchev–Trinajstić information content (AvgIpc) is 2.71. The van der Waals surface area contributed by atoms with Crippen LogP contribution in [-0.4, -0.2) is 30.3 Å². The Hall–Kier alpha value is -3.39. The smallest absolute Gasteiger partial charge is 0.306 e. The van der Waals surface area contributed by atoms with Gasteiger partial charge in [0.25, 0.3) is 11.8 Å². The van der Waals surface area contributed by atoms with Gasteiger partial charge in [-0.2, -0.15) is 0 Å². The minimum Gasteiger partial charge on any atom is -0.455 e. The summed E-state index contributed by atoms with van der Waals surface area (Å²) in [5, 5.41) is 3.20. The molecule has 0 aliphatic carbocycles.